The molecule has 8 atom stereocenters. The number of carbonyl (C=O) groups excluding carboxylic acids is 2. The summed E-state index contributed by atoms with van der Waals surface area (Å²) in [4.78, 5) is 26.6. The Morgan fingerprint density at radius 3 is 1.28 bits per heavy atom. The summed E-state index contributed by atoms with van der Waals surface area (Å²) in [7, 11) is 0. The van der Waals surface area contributed by atoms with Crippen LogP contribution in [-0.2, 0) is 23.8 Å². The molecule has 0 aromatic heterocycles. The molecule has 0 spiro atoms. The lowest BCUT2D eigenvalue weighted by molar-refractivity contribution is -0.305. The summed E-state index contributed by atoms with van der Waals surface area (Å²) in [5.41, 5.74) is 0. The largest absolute Gasteiger partial charge is 0.454 e. The molecule has 82 heavy (non-hydrogen) atoms. The van der Waals surface area contributed by atoms with Crippen LogP contribution in [0.4, 0.5) is 0 Å². The van der Waals surface area contributed by atoms with Gasteiger partial charge in [0.15, 0.2) is 12.4 Å². The van der Waals surface area contributed by atoms with Gasteiger partial charge in [-0.3, -0.25) is 9.59 Å². The summed E-state index contributed by atoms with van der Waals surface area (Å²) in [6, 6.07) is -1.03. The van der Waals surface area contributed by atoms with Gasteiger partial charge in [0, 0.05) is 6.42 Å². The van der Waals surface area contributed by atoms with Gasteiger partial charge in [0.2, 0.25) is 5.91 Å². The normalized spacial score (nSPS) is 19.0. The van der Waals surface area contributed by atoms with E-state index >= 15 is 0 Å². The van der Waals surface area contributed by atoms with E-state index in [4.69, 9.17) is 14.2 Å². The summed E-state index contributed by atoms with van der Waals surface area (Å²) < 4.78 is 17.7. The molecule has 1 aliphatic heterocycles. The maximum Gasteiger partial charge on any atom is 0.306 e. The Labute approximate surface area is 502 Å². The van der Waals surface area contributed by atoms with E-state index in [0.717, 1.165) is 89.9 Å². The van der Waals surface area contributed by atoms with E-state index in [1.165, 1.54) is 167 Å². The monoisotopic (exact) mass is 1150 g/mol. The van der Waals surface area contributed by atoms with Crippen LogP contribution in [0, 0.1) is 0 Å². The van der Waals surface area contributed by atoms with E-state index in [9.17, 15) is 35.1 Å². The minimum Gasteiger partial charge on any atom is -0.454 e. The molecule has 11 nitrogen and oxygen atoms in total. The average Bonchev–Trinajstić information content (AvgIpc) is 3.44. The summed E-state index contributed by atoms with van der Waals surface area (Å²) in [5, 5.41) is 57.2. The van der Waals surface area contributed by atoms with Crippen LogP contribution in [0.3, 0.4) is 0 Å². The minimum atomic E-state index is -1.62. The van der Waals surface area contributed by atoms with Gasteiger partial charge in [-0.1, -0.05) is 273 Å². The molecule has 0 aromatic carbocycles. The molecule has 0 bridgehead atoms. The van der Waals surface area contributed by atoms with Crippen LogP contribution in [0.1, 0.15) is 303 Å². The van der Waals surface area contributed by atoms with Crippen LogP contribution >= 0.6 is 0 Å². The number of amides is 1. The van der Waals surface area contributed by atoms with E-state index in [1.54, 1.807) is 6.08 Å². The van der Waals surface area contributed by atoms with Gasteiger partial charge in [0.05, 0.1) is 25.4 Å². The maximum absolute atomic E-state index is 13.5. The number of allylic oxidation sites excluding steroid dienone is 11. The van der Waals surface area contributed by atoms with Crippen molar-refractivity contribution in [2.24, 2.45) is 0 Å². The molecule has 0 aromatic rings. The number of aliphatic hydroxyl groups excluding tert-OH is 5. The van der Waals surface area contributed by atoms with Crippen molar-refractivity contribution in [3.8, 4) is 0 Å². The molecule has 1 rings (SSSR count). The second-order valence-electron chi connectivity index (χ2n) is 23.6. The number of hydrogen-bond acceptors (Lipinski definition) is 10. The second-order valence-corrected chi connectivity index (χ2v) is 23.6. The predicted molar refractivity (Wildman–Crippen MR) is 343 cm³/mol. The Morgan fingerprint density at radius 1 is 0.476 bits per heavy atom. The van der Waals surface area contributed by atoms with Gasteiger partial charge in [-0.2, -0.15) is 0 Å². The first-order valence-electron chi connectivity index (χ1n) is 34.2. The Balaban J connectivity index is 2.61. The number of carbonyl (C=O) groups is 2. The van der Waals surface area contributed by atoms with Crippen LogP contribution in [0.2, 0.25) is 0 Å². The lowest BCUT2D eigenvalue weighted by Gasteiger charge is -2.41. The topological polar surface area (TPSA) is 175 Å². The van der Waals surface area contributed by atoms with Crippen molar-refractivity contribution in [3.05, 3.63) is 72.9 Å². The molecule has 1 fully saturated rings. The Morgan fingerprint density at radius 2 is 0.841 bits per heavy atom. The SMILES string of the molecule is CCCCC/C=C\C/C=C\C/C=C\CCCCCCCCCCCCC(=O)OC1C(OCC(NC(=O)C(O)CCCCCCCCCC/C=C\C/C=C\CCCCC)C(O)/C=C/CCCCCCCCCCCC)OC(CO)C(O)C1O. The number of hydrogen-bond donors (Lipinski definition) is 6. The first-order chi connectivity index (χ1) is 40.2. The lowest BCUT2D eigenvalue weighted by atomic mass is 9.99. The van der Waals surface area contributed by atoms with Crippen molar-refractivity contribution in [1.82, 2.24) is 5.32 Å². The molecule has 0 saturated carbocycles. The first kappa shape index (κ1) is 77.1. The van der Waals surface area contributed by atoms with Crippen molar-refractivity contribution in [2.45, 2.75) is 352 Å². The fourth-order valence-electron chi connectivity index (χ4n) is 10.4. The molecule has 1 amide bonds. The van der Waals surface area contributed by atoms with E-state index in [0.29, 0.717) is 12.8 Å². The molecule has 0 aliphatic carbocycles. The molecule has 6 N–H and O–H groups in total. The molecule has 0 radical (unpaired) electrons. The van der Waals surface area contributed by atoms with Gasteiger partial charge in [-0.05, 0) is 96.3 Å². The van der Waals surface area contributed by atoms with Crippen LogP contribution in [0.25, 0.3) is 0 Å². The van der Waals surface area contributed by atoms with Crippen molar-refractivity contribution in [3.63, 3.8) is 0 Å². The Kier molecular flexibility index (Phi) is 55.0. The van der Waals surface area contributed by atoms with Crippen molar-refractivity contribution >= 4 is 11.9 Å². The lowest BCUT2D eigenvalue weighted by Crippen LogP contribution is -2.61. The third kappa shape index (κ3) is 45.5. The van der Waals surface area contributed by atoms with E-state index in [2.05, 4.69) is 86.8 Å². The summed E-state index contributed by atoms with van der Waals surface area (Å²) >= 11 is 0. The summed E-state index contributed by atoms with van der Waals surface area (Å²) in [5.74, 6) is -1.20. The maximum atomic E-state index is 13.5. The molecule has 476 valence electrons. The van der Waals surface area contributed by atoms with Gasteiger partial charge >= 0.3 is 5.97 Å². The predicted octanol–water partition coefficient (Wildman–Crippen LogP) is 17.1. The Bertz CT molecular complexity index is 1610. The molecule has 1 aliphatic rings. The number of esters is 1. The van der Waals surface area contributed by atoms with Crippen LogP contribution in [0.15, 0.2) is 72.9 Å². The highest BCUT2D eigenvalue weighted by Crippen LogP contribution is 2.26. The molecule has 1 saturated heterocycles. The highest BCUT2D eigenvalue weighted by atomic mass is 16.7. The third-order valence-corrected chi connectivity index (χ3v) is 15.8. The second kappa shape index (κ2) is 58.5. The fourth-order valence-corrected chi connectivity index (χ4v) is 10.4. The zero-order valence-corrected chi connectivity index (χ0v) is 52.9. The van der Waals surface area contributed by atoms with E-state index in [1.807, 2.05) is 6.08 Å². The highest BCUT2D eigenvalue weighted by Gasteiger charge is 2.47. The number of unbranched alkanes of at least 4 members (excludes halogenated alkanes) is 34. The molecule has 8 unspecified atom stereocenters. The van der Waals surface area contributed by atoms with Gasteiger partial charge in [-0.25, -0.2) is 0 Å². The molecule has 11 heteroatoms. The highest BCUT2D eigenvalue weighted by molar-refractivity contribution is 5.80. The zero-order chi connectivity index (χ0) is 59.6. The summed E-state index contributed by atoms with van der Waals surface area (Å²) in [6.45, 7) is 5.76. The quantitative estimate of drug-likeness (QED) is 0.0195. The molecular formula is C71H127NO10. The number of rotatable bonds is 58. The smallest absolute Gasteiger partial charge is 0.306 e. The van der Waals surface area contributed by atoms with Crippen molar-refractivity contribution in [1.29, 1.82) is 0 Å². The van der Waals surface area contributed by atoms with Crippen LogP contribution < -0.4 is 5.32 Å². The van der Waals surface area contributed by atoms with Crippen molar-refractivity contribution < 1.29 is 49.3 Å². The van der Waals surface area contributed by atoms with E-state index in [-0.39, 0.29) is 19.4 Å². The molecule has 1 heterocycles. The van der Waals surface area contributed by atoms with Gasteiger partial charge in [0.1, 0.15) is 24.4 Å². The van der Waals surface area contributed by atoms with Gasteiger partial charge < -0.3 is 45.1 Å². The van der Waals surface area contributed by atoms with Crippen LogP contribution in [0.5, 0.6) is 0 Å². The van der Waals surface area contributed by atoms with Gasteiger partial charge in [-0.15, -0.1) is 0 Å². The number of ether oxygens (including phenoxy) is 3. The third-order valence-electron chi connectivity index (χ3n) is 15.8. The van der Waals surface area contributed by atoms with Gasteiger partial charge in [0.25, 0.3) is 0 Å². The fraction of sp³-hybridized carbons (Fsp3) is 0.803. The summed E-state index contributed by atoms with van der Waals surface area (Å²) in [6.07, 6.45) is 65.0. The number of aliphatic hydroxyl groups is 5. The minimum absolute atomic E-state index is 0.117. The Hall–Kier alpha value is -2.90. The molecular weight excluding hydrogens is 1030 g/mol. The van der Waals surface area contributed by atoms with Crippen molar-refractivity contribution in [2.75, 3.05) is 13.2 Å². The van der Waals surface area contributed by atoms with E-state index < -0.39 is 67.4 Å². The average molecular weight is 1150 g/mol. The zero-order valence-electron chi connectivity index (χ0n) is 52.9. The standard InChI is InChI=1S/C71H127NO10/c1-4-7-10-13-16-19-22-25-27-29-31-32-33-34-35-37-39-41-44-47-50-53-56-59-66(76)82-69-68(78)67(77)65(60-73)81-71(69)80-61-62(63(74)57-54-51-48-45-42-24-21-18-15-12-9-6-3)72-70(79)64(75)58-55-52-49-46-43-40-38-36-30-28-26-23-20-17-14-11-8-5-2/h16-17,19-20,25-28,31-32,54,57,62-65,67-69,71,73-75,77-78H,4-15,18,21-24,29-30,33-53,55-56,58-61H2,1-3H3,(H,72,79)/b19-16-,20-17-,27-25-,28-26-,32-31-,57-54+. The van der Waals surface area contributed by atoms with Crippen LogP contribution in [-0.4, -0.2) is 99.6 Å². The first-order valence-corrected chi connectivity index (χ1v) is 34.2. The number of nitrogens with one attached hydrogen (secondary N) is 1.